The SMILES string of the molecule is C=CCC(NC(C)=O)C(=O)C(F)(F)F. The topological polar surface area (TPSA) is 46.2 Å². The lowest BCUT2D eigenvalue weighted by Crippen LogP contribution is -2.45. The number of carbonyl (C=O) groups excluding carboxylic acids is 2. The highest BCUT2D eigenvalue weighted by atomic mass is 19.4. The summed E-state index contributed by atoms with van der Waals surface area (Å²) in [5, 5.41) is 1.91. The van der Waals surface area contributed by atoms with Crippen LogP contribution in [0.2, 0.25) is 0 Å². The second-order valence-corrected chi connectivity index (χ2v) is 2.64. The normalized spacial score (nSPS) is 13.1. The van der Waals surface area contributed by atoms with Crippen molar-refractivity contribution in [2.24, 2.45) is 0 Å². The van der Waals surface area contributed by atoms with E-state index in [-0.39, 0.29) is 6.42 Å². The monoisotopic (exact) mass is 209 g/mol. The quantitative estimate of drug-likeness (QED) is 0.707. The number of rotatable bonds is 4. The maximum Gasteiger partial charge on any atom is 0.452 e. The number of Topliss-reactive ketones (excluding diaryl/α,β-unsaturated/α-hetero) is 1. The molecule has 1 unspecified atom stereocenters. The lowest BCUT2D eigenvalue weighted by Gasteiger charge is -2.16. The van der Waals surface area contributed by atoms with E-state index >= 15 is 0 Å². The van der Waals surface area contributed by atoms with Gasteiger partial charge in [0.25, 0.3) is 5.78 Å². The molecule has 0 saturated carbocycles. The van der Waals surface area contributed by atoms with E-state index in [1.807, 2.05) is 5.32 Å². The molecule has 0 bridgehead atoms. The molecule has 0 fully saturated rings. The van der Waals surface area contributed by atoms with Crippen LogP contribution in [0.3, 0.4) is 0 Å². The van der Waals surface area contributed by atoms with Crippen molar-refractivity contribution in [3.63, 3.8) is 0 Å². The van der Waals surface area contributed by atoms with Crippen LogP contribution >= 0.6 is 0 Å². The van der Waals surface area contributed by atoms with Crippen molar-refractivity contribution in [3.05, 3.63) is 12.7 Å². The summed E-state index contributed by atoms with van der Waals surface area (Å²) in [5.41, 5.74) is 0. The Kier molecular flexibility index (Phi) is 4.33. The maximum absolute atomic E-state index is 11.9. The van der Waals surface area contributed by atoms with Gasteiger partial charge < -0.3 is 5.32 Å². The number of nitrogens with one attached hydrogen (secondary N) is 1. The van der Waals surface area contributed by atoms with Gasteiger partial charge in [-0.05, 0) is 6.42 Å². The minimum absolute atomic E-state index is 0.238. The minimum atomic E-state index is -4.93. The summed E-state index contributed by atoms with van der Waals surface area (Å²) in [6.45, 7) is 4.24. The van der Waals surface area contributed by atoms with Crippen molar-refractivity contribution in [1.29, 1.82) is 0 Å². The highest BCUT2D eigenvalue weighted by Gasteiger charge is 2.43. The molecule has 0 radical (unpaired) electrons. The molecule has 0 saturated heterocycles. The van der Waals surface area contributed by atoms with Crippen molar-refractivity contribution in [2.45, 2.75) is 25.6 Å². The Morgan fingerprint density at radius 2 is 2.00 bits per heavy atom. The number of ketones is 1. The summed E-state index contributed by atoms with van der Waals surface area (Å²) in [6, 6.07) is -1.56. The van der Waals surface area contributed by atoms with E-state index in [2.05, 4.69) is 6.58 Å². The van der Waals surface area contributed by atoms with Gasteiger partial charge in [0, 0.05) is 6.92 Å². The van der Waals surface area contributed by atoms with E-state index in [1.165, 1.54) is 0 Å². The van der Waals surface area contributed by atoms with Gasteiger partial charge >= 0.3 is 6.18 Å². The molecule has 80 valence electrons. The van der Waals surface area contributed by atoms with E-state index in [0.29, 0.717) is 0 Å². The van der Waals surface area contributed by atoms with Gasteiger partial charge in [-0.15, -0.1) is 6.58 Å². The Hall–Kier alpha value is -1.33. The first-order valence-electron chi connectivity index (χ1n) is 3.78. The van der Waals surface area contributed by atoms with Crippen LogP contribution in [0.1, 0.15) is 13.3 Å². The third-order valence-electron chi connectivity index (χ3n) is 1.38. The van der Waals surface area contributed by atoms with Crippen molar-refractivity contribution < 1.29 is 22.8 Å². The van der Waals surface area contributed by atoms with Gasteiger partial charge in [-0.25, -0.2) is 0 Å². The van der Waals surface area contributed by atoms with Gasteiger partial charge in [-0.2, -0.15) is 13.2 Å². The predicted molar refractivity (Wildman–Crippen MR) is 43.5 cm³/mol. The van der Waals surface area contributed by atoms with Gasteiger partial charge in [0.1, 0.15) is 6.04 Å². The third-order valence-corrected chi connectivity index (χ3v) is 1.38. The summed E-state index contributed by atoms with van der Waals surface area (Å²) in [5.74, 6) is -2.65. The molecule has 0 spiro atoms. The summed E-state index contributed by atoms with van der Waals surface area (Å²) in [7, 11) is 0. The molecule has 1 N–H and O–H groups in total. The van der Waals surface area contributed by atoms with Crippen LogP contribution in [0.25, 0.3) is 0 Å². The van der Waals surface area contributed by atoms with Crippen LogP contribution in [0.5, 0.6) is 0 Å². The van der Waals surface area contributed by atoms with Crippen LogP contribution in [0.15, 0.2) is 12.7 Å². The first kappa shape index (κ1) is 12.7. The molecule has 0 aromatic rings. The first-order chi connectivity index (χ1) is 6.29. The molecule has 1 amide bonds. The van der Waals surface area contributed by atoms with Crippen molar-refractivity contribution in [3.8, 4) is 0 Å². The predicted octanol–water partition coefficient (Wildman–Crippen LogP) is 1.20. The van der Waals surface area contributed by atoms with Gasteiger partial charge in [0.05, 0.1) is 0 Å². The van der Waals surface area contributed by atoms with Crippen molar-refractivity contribution >= 4 is 11.7 Å². The maximum atomic E-state index is 11.9. The molecule has 0 rings (SSSR count). The van der Waals surface area contributed by atoms with Gasteiger partial charge in [-0.3, -0.25) is 9.59 Å². The van der Waals surface area contributed by atoms with Crippen LogP contribution in [0, 0.1) is 0 Å². The minimum Gasteiger partial charge on any atom is -0.346 e. The molecule has 0 aliphatic heterocycles. The zero-order valence-corrected chi connectivity index (χ0v) is 7.52. The van der Waals surface area contributed by atoms with Crippen LogP contribution in [-0.4, -0.2) is 23.9 Å². The van der Waals surface area contributed by atoms with Crippen LogP contribution < -0.4 is 5.32 Å². The fourth-order valence-corrected chi connectivity index (χ4v) is 0.841. The molecule has 0 aliphatic carbocycles. The molecule has 0 heterocycles. The number of hydrogen-bond donors (Lipinski definition) is 1. The third kappa shape index (κ3) is 4.06. The second kappa shape index (κ2) is 4.78. The molecule has 6 heteroatoms. The van der Waals surface area contributed by atoms with E-state index in [9.17, 15) is 22.8 Å². The van der Waals surface area contributed by atoms with Gasteiger partial charge in [0.15, 0.2) is 0 Å². The number of halogens is 3. The number of alkyl halides is 3. The average Bonchev–Trinajstić information content (AvgIpc) is 2.00. The highest BCUT2D eigenvalue weighted by molar-refractivity contribution is 5.92. The molecule has 0 aliphatic rings. The van der Waals surface area contributed by atoms with E-state index < -0.39 is 23.9 Å². The number of amides is 1. The zero-order valence-electron chi connectivity index (χ0n) is 7.52. The molecule has 14 heavy (non-hydrogen) atoms. The molecular formula is C8H10F3NO2. The molecular weight excluding hydrogens is 199 g/mol. The summed E-state index contributed by atoms with van der Waals surface area (Å²) >= 11 is 0. The average molecular weight is 209 g/mol. The summed E-state index contributed by atoms with van der Waals surface area (Å²) < 4.78 is 35.8. The largest absolute Gasteiger partial charge is 0.452 e. The summed E-state index contributed by atoms with van der Waals surface area (Å²) in [4.78, 5) is 21.2. The lowest BCUT2D eigenvalue weighted by atomic mass is 10.1. The number of carbonyl (C=O) groups is 2. The smallest absolute Gasteiger partial charge is 0.346 e. The Bertz CT molecular complexity index is 247. The Balaban J connectivity index is 4.56. The molecule has 1 atom stereocenters. The molecule has 0 aromatic heterocycles. The van der Waals surface area contributed by atoms with E-state index in [1.54, 1.807) is 0 Å². The highest BCUT2D eigenvalue weighted by Crippen LogP contribution is 2.19. The van der Waals surface area contributed by atoms with E-state index in [0.717, 1.165) is 13.0 Å². The lowest BCUT2D eigenvalue weighted by molar-refractivity contribution is -0.173. The van der Waals surface area contributed by atoms with Crippen LogP contribution in [-0.2, 0) is 9.59 Å². The van der Waals surface area contributed by atoms with Gasteiger partial charge in [0.2, 0.25) is 5.91 Å². The Morgan fingerprint density at radius 1 is 1.50 bits per heavy atom. The summed E-state index contributed by atoms with van der Waals surface area (Å²) in [6.07, 6.45) is -4.03. The van der Waals surface area contributed by atoms with Crippen molar-refractivity contribution in [2.75, 3.05) is 0 Å². The molecule has 0 aromatic carbocycles. The fourth-order valence-electron chi connectivity index (χ4n) is 0.841. The number of hydrogen-bond acceptors (Lipinski definition) is 2. The Labute approximate surface area is 79.0 Å². The zero-order chi connectivity index (χ0) is 11.4. The van der Waals surface area contributed by atoms with Crippen molar-refractivity contribution in [1.82, 2.24) is 5.32 Å². The molecule has 3 nitrogen and oxygen atoms in total. The van der Waals surface area contributed by atoms with Crippen LogP contribution in [0.4, 0.5) is 13.2 Å². The fraction of sp³-hybridized carbons (Fsp3) is 0.500. The Morgan fingerprint density at radius 3 is 2.29 bits per heavy atom. The second-order valence-electron chi connectivity index (χ2n) is 2.64. The van der Waals surface area contributed by atoms with E-state index in [4.69, 9.17) is 0 Å². The first-order valence-corrected chi connectivity index (χ1v) is 3.78. The van der Waals surface area contributed by atoms with Gasteiger partial charge in [-0.1, -0.05) is 6.08 Å². The standard InChI is InChI=1S/C8H10F3NO2/c1-3-4-6(12-5(2)13)7(14)8(9,10)11/h3,6H,1,4H2,2H3,(H,12,13).